The molecule has 0 bridgehead atoms. The molecule has 0 aliphatic heterocycles. The van der Waals surface area contributed by atoms with E-state index in [-0.39, 0.29) is 23.0 Å². The number of phenols is 1. The molecule has 6 nitrogen and oxygen atoms in total. The van der Waals surface area contributed by atoms with Gasteiger partial charge in [0.25, 0.3) is 0 Å². The van der Waals surface area contributed by atoms with E-state index in [0.29, 0.717) is 16.5 Å². The van der Waals surface area contributed by atoms with Crippen molar-refractivity contribution in [1.29, 1.82) is 0 Å². The highest BCUT2D eigenvalue weighted by molar-refractivity contribution is 6.00. The monoisotopic (exact) mass is 334 g/mol. The predicted molar refractivity (Wildman–Crippen MR) is 90.4 cm³/mol. The summed E-state index contributed by atoms with van der Waals surface area (Å²) in [7, 11) is 4.35. The number of benzene rings is 2. The molecule has 2 aromatic rings. The molecular formula is C18H22O6. The third kappa shape index (κ3) is 3.04. The highest BCUT2D eigenvalue weighted by Gasteiger charge is 2.29. The van der Waals surface area contributed by atoms with Crippen LogP contribution in [0.5, 0.6) is 28.7 Å². The van der Waals surface area contributed by atoms with E-state index in [2.05, 4.69) is 0 Å². The first kappa shape index (κ1) is 17.7. The number of hydrogen-bond acceptors (Lipinski definition) is 6. The maximum atomic E-state index is 12.4. The van der Waals surface area contributed by atoms with Crippen LogP contribution in [0.25, 0.3) is 10.8 Å². The summed E-state index contributed by atoms with van der Waals surface area (Å²) in [4.78, 5) is 12.4. The average Bonchev–Trinajstić information content (AvgIpc) is 2.55. The van der Waals surface area contributed by atoms with Crippen LogP contribution < -0.4 is 18.9 Å². The maximum Gasteiger partial charge on any atom is 0.316 e. The number of carbonyl (C=O) groups excluding carboxylic acids is 1. The van der Waals surface area contributed by atoms with Crippen LogP contribution in [0.4, 0.5) is 0 Å². The number of carbonyl (C=O) groups is 1. The van der Waals surface area contributed by atoms with Gasteiger partial charge in [-0.3, -0.25) is 4.79 Å². The molecular weight excluding hydrogens is 312 g/mol. The van der Waals surface area contributed by atoms with E-state index in [9.17, 15) is 9.90 Å². The van der Waals surface area contributed by atoms with E-state index in [1.54, 1.807) is 39.0 Å². The third-order valence-corrected chi connectivity index (χ3v) is 3.57. The van der Waals surface area contributed by atoms with Gasteiger partial charge in [-0.05, 0) is 39.0 Å². The summed E-state index contributed by atoms with van der Waals surface area (Å²) in [6, 6.07) is 5.03. The van der Waals surface area contributed by atoms with Crippen LogP contribution in [0.3, 0.4) is 0 Å². The van der Waals surface area contributed by atoms with Gasteiger partial charge in [-0.2, -0.15) is 0 Å². The zero-order valence-corrected chi connectivity index (χ0v) is 14.7. The van der Waals surface area contributed by atoms with Crippen molar-refractivity contribution < 1.29 is 28.8 Å². The molecule has 0 fully saturated rings. The summed E-state index contributed by atoms with van der Waals surface area (Å²) in [5.41, 5.74) is -0.707. The molecule has 0 aliphatic rings. The zero-order valence-electron chi connectivity index (χ0n) is 14.7. The van der Waals surface area contributed by atoms with Crippen molar-refractivity contribution in [2.75, 3.05) is 21.3 Å². The molecule has 0 heterocycles. The topological polar surface area (TPSA) is 74.2 Å². The lowest BCUT2D eigenvalue weighted by atomic mass is 9.97. The first-order valence-corrected chi connectivity index (χ1v) is 7.41. The van der Waals surface area contributed by atoms with Gasteiger partial charge in [-0.1, -0.05) is 0 Å². The van der Waals surface area contributed by atoms with Gasteiger partial charge < -0.3 is 24.1 Å². The Morgan fingerprint density at radius 2 is 1.54 bits per heavy atom. The fourth-order valence-corrected chi connectivity index (χ4v) is 2.22. The molecule has 0 saturated carbocycles. The number of esters is 1. The molecule has 24 heavy (non-hydrogen) atoms. The minimum atomic E-state index is -0.707. The van der Waals surface area contributed by atoms with E-state index < -0.39 is 11.4 Å². The summed E-state index contributed by atoms with van der Waals surface area (Å²) >= 11 is 0. The number of hydrogen-bond donors (Lipinski definition) is 1. The van der Waals surface area contributed by atoms with E-state index in [1.165, 1.54) is 21.3 Å². The molecule has 2 rings (SSSR count). The maximum absolute atomic E-state index is 12.4. The number of fused-ring (bicyclic) bond motifs is 1. The summed E-state index contributed by atoms with van der Waals surface area (Å²) in [5, 5.41) is 11.4. The Morgan fingerprint density at radius 1 is 0.917 bits per heavy atom. The van der Waals surface area contributed by atoms with Gasteiger partial charge >= 0.3 is 5.97 Å². The molecule has 0 atom stereocenters. The molecule has 1 N–H and O–H groups in total. The fourth-order valence-electron chi connectivity index (χ4n) is 2.22. The number of ether oxygens (including phenoxy) is 4. The lowest BCUT2D eigenvalue weighted by Gasteiger charge is -2.21. The second kappa shape index (κ2) is 6.47. The Kier molecular flexibility index (Phi) is 4.78. The summed E-state index contributed by atoms with van der Waals surface area (Å²) in [6.45, 7) is 5.26. The van der Waals surface area contributed by atoms with Crippen LogP contribution in [0, 0.1) is 5.41 Å². The van der Waals surface area contributed by atoms with Crippen LogP contribution in [0.2, 0.25) is 0 Å². The smallest absolute Gasteiger partial charge is 0.316 e. The summed E-state index contributed by atoms with van der Waals surface area (Å²) in [5.74, 6) is 0.462. The van der Waals surface area contributed by atoms with E-state index in [0.717, 1.165) is 0 Å². The Balaban J connectivity index is 2.81. The van der Waals surface area contributed by atoms with E-state index >= 15 is 0 Å². The van der Waals surface area contributed by atoms with Gasteiger partial charge in [0.2, 0.25) is 11.5 Å². The van der Waals surface area contributed by atoms with Crippen molar-refractivity contribution in [2.24, 2.45) is 5.41 Å². The zero-order chi connectivity index (χ0) is 18.1. The standard InChI is InChI=1S/C18H22O6/c1-18(2,3)17(20)24-14-12-9-10(21-4)7-8-11(12)13(19)15(22-5)16(14)23-6/h7-9,19H,1-6H3. The molecule has 2 aromatic carbocycles. The van der Waals surface area contributed by atoms with Crippen molar-refractivity contribution in [1.82, 2.24) is 0 Å². The van der Waals surface area contributed by atoms with Crippen LogP contribution in [0.15, 0.2) is 18.2 Å². The van der Waals surface area contributed by atoms with Gasteiger partial charge in [0.05, 0.1) is 26.7 Å². The first-order valence-electron chi connectivity index (χ1n) is 7.41. The molecule has 0 unspecified atom stereocenters. The fraction of sp³-hybridized carbons (Fsp3) is 0.389. The summed E-state index contributed by atoms with van der Waals surface area (Å²) in [6.07, 6.45) is 0. The van der Waals surface area contributed by atoms with Crippen molar-refractivity contribution in [2.45, 2.75) is 20.8 Å². The molecule has 0 aromatic heterocycles. The third-order valence-electron chi connectivity index (χ3n) is 3.57. The van der Waals surface area contributed by atoms with Gasteiger partial charge in [0.1, 0.15) is 5.75 Å². The summed E-state index contributed by atoms with van der Waals surface area (Å²) < 4.78 is 21.4. The minimum Gasteiger partial charge on any atom is -0.504 e. The Bertz CT molecular complexity index is 773. The van der Waals surface area contributed by atoms with Crippen molar-refractivity contribution in [3.63, 3.8) is 0 Å². The van der Waals surface area contributed by atoms with Crippen molar-refractivity contribution in [3.05, 3.63) is 18.2 Å². The Labute approximate surface area is 140 Å². The largest absolute Gasteiger partial charge is 0.504 e. The van der Waals surface area contributed by atoms with E-state index in [1.807, 2.05) is 0 Å². The average molecular weight is 334 g/mol. The number of rotatable bonds is 4. The van der Waals surface area contributed by atoms with Gasteiger partial charge in [-0.25, -0.2) is 0 Å². The molecule has 0 amide bonds. The molecule has 0 saturated heterocycles. The molecule has 0 spiro atoms. The quantitative estimate of drug-likeness (QED) is 0.681. The molecule has 0 aliphatic carbocycles. The van der Waals surface area contributed by atoms with Crippen molar-refractivity contribution in [3.8, 4) is 28.7 Å². The number of methoxy groups -OCH3 is 3. The highest BCUT2D eigenvalue weighted by Crippen LogP contribution is 2.51. The lowest BCUT2D eigenvalue weighted by molar-refractivity contribution is -0.143. The second-order valence-electron chi connectivity index (χ2n) is 6.30. The molecule has 130 valence electrons. The van der Waals surface area contributed by atoms with Crippen LogP contribution >= 0.6 is 0 Å². The van der Waals surface area contributed by atoms with Gasteiger partial charge in [0, 0.05) is 10.8 Å². The highest BCUT2D eigenvalue weighted by atomic mass is 16.6. The van der Waals surface area contributed by atoms with Crippen LogP contribution in [-0.2, 0) is 4.79 Å². The number of phenolic OH excluding ortho intramolecular Hbond substituents is 1. The second-order valence-corrected chi connectivity index (χ2v) is 6.30. The van der Waals surface area contributed by atoms with Crippen molar-refractivity contribution >= 4 is 16.7 Å². The molecule has 6 heteroatoms. The predicted octanol–water partition coefficient (Wildman–Crippen LogP) is 3.52. The normalized spacial score (nSPS) is 11.2. The number of aromatic hydroxyl groups is 1. The van der Waals surface area contributed by atoms with Gasteiger partial charge in [0.15, 0.2) is 11.5 Å². The molecule has 0 radical (unpaired) electrons. The minimum absolute atomic E-state index is 0.0949. The Morgan fingerprint density at radius 3 is 2.04 bits per heavy atom. The van der Waals surface area contributed by atoms with E-state index in [4.69, 9.17) is 18.9 Å². The van der Waals surface area contributed by atoms with Gasteiger partial charge in [-0.15, -0.1) is 0 Å². The van der Waals surface area contributed by atoms with Crippen LogP contribution in [-0.4, -0.2) is 32.4 Å². The SMILES string of the molecule is COc1ccc2c(O)c(OC)c(OC)c(OC(=O)C(C)(C)C)c2c1. The lowest BCUT2D eigenvalue weighted by Crippen LogP contribution is -2.25. The van der Waals surface area contributed by atoms with Crippen LogP contribution in [0.1, 0.15) is 20.8 Å². The first-order chi connectivity index (χ1) is 11.2. The Hall–Kier alpha value is -2.63.